The van der Waals surface area contributed by atoms with Gasteiger partial charge >= 0.3 is 6.03 Å². The zero-order chi connectivity index (χ0) is 12.1. The number of benzene rings is 1. The average molecular weight is 220 g/mol. The molecule has 3 nitrogen and oxygen atoms in total. The maximum Gasteiger partial charge on any atom is 0.321 e. The number of carbonyl (C=O) groups is 1. The Morgan fingerprint density at radius 2 is 2.00 bits per heavy atom. The zero-order valence-electron chi connectivity index (χ0n) is 10.4. The van der Waals surface area contributed by atoms with Gasteiger partial charge in [-0.1, -0.05) is 32.0 Å². The number of urea groups is 1. The molecule has 0 aliphatic rings. The molecule has 0 bridgehead atoms. The maximum atomic E-state index is 11.7. The second-order valence-electron chi connectivity index (χ2n) is 4.19. The first-order chi connectivity index (χ1) is 7.56. The molecule has 88 valence electrons. The Kier molecular flexibility index (Phi) is 4.35. The minimum Gasteiger partial charge on any atom is -0.328 e. The molecule has 16 heavy (non-hydrogen) atoms. The molecule has 0 unspecified atom stereocenters. The summed E-state index contributed by atoms with van der Waals surface area (Å²) in [7, 11) is 1.79. The van der Waals surface area contributed by atoms with Gasteiger partial charge in [-0.15, -0.1) is 0 Å². The van der Waals surface area contributed by atoms with Crippen molar-refractivity contribution in [3.8, 4) is 0 Å². The molecule has 1 N–H and O–H groups in total. The molecule has 1 aromatic carbocycles. The van der Waals surface area contributed by atoms with Gasteiger partial charge in [-0.05, 0) is 24.5 Å². The van der Waals surface area contributed by atoms with Gasteiger partial charge in [0.2, 0.25) is 0 Å². The molecular formula is C13H20N2O. The van der Waals surface area contributed by atoms with E-state index in [0.29, 0.717) is 12.5 Å². The lowest BCUT2D eigenvalue weighted by Gasteiger charge is -2.18. The van der Waals surface area contributed by atoms with Gasteiger partial charge in [0, 0.05) is 19.3 Å². The predicted molar refractivity (Wildman–Crippen MR) is 67.9 cm³/mol. The number of anilines is 1. The van der Waals surface area contributed by atoms with Crippen LogP contribution in [0.25, 0.3) is 0 Å². The number of amides is 2. The standard InChI is InChI=1S/C13H20N2O/c1-5-15(4)13(16)14-12-9-7-6-8-11(12)10(2)3/h6-10H,5H2,1-4H3,(H,14,16). The van der Waals surface area contributed by atoms with E-state index in [4.69, 9.17) is 0 Å². The molecule has 0 atom stereocenters. The van der Waals surface area contributed by atoms with Crippen molar-refractivity contribution in [1.82, 2.24) is 4.90 Å². The number of hydrogen-bond donors (Lipinski definition) is 1. The Morgan fingerprint density at radius 3 is 2.56 bits per heavy atom. The Morgan fingerprint density at radius 1 is 1.38 bits per heavy atom. The Balaban J connectivity index is 2.84. The van der Waals surface area contributed by atoms with Crippen molar-refractivity contribution in [3.05, 3.63) is 29.8 Å². The van der Waals surface area contributed by atoms with Gasteiger partial charge in [-0.3, -0.25) is 0 Å². The van der Waals surface area contributed by atoms with Crippen LogP contribution >= 0.6 is 0 Å². The van der Waals surface area contributed by atoms with E-state index in [-0.39, 0.29) is 6.03 Å². The molecule has 0 fully saturated rings. The van der Waals surface area contributed by atoms with E-state index in [1.807, 2.05) is 31.2 Å². The summed E-state index contributed by atoms with van der Waals surface area (Å²) < 4.78 is 0. The topological polar surface area (TPSA) is 32.3 Å². The second kappa shape index (κ2) is 5.54. The maximum absolute atomic E-state index is 11.7. The Hall–Kier alpha value is -1.51. The van der Waals surface area contributed by atoms with E-state index >= 15 is 0 Å². The van der Waals surface area contributed by atoms with E-state index in [1.54, 1.807) is 11.9 Å². The van der Waals surface area contributed by atoms with Crippen molar-refractivity contribution in [2.75, 3.05) is 18.9 Å². The summed E-state index contributed by atoms with van der Waals surface area (Å²) in [6.07, 6.45) is 0. The Labute approximate surface area is 97.5 Å². The van der Waals surface area contributed by atoms with E-state index in [2.05, 4.69) is 19.2 Å². The SMILES string of the molecule is CCN(C)C(=O)Nc1ccccc1C(C)C. The summed E-state index contributed by atoms with van der Waals surface area (Å²) in [5.74, 6) is 0.406. The monoisotopic (exact) mass is 220 g/mol. The number of nitrogens with zero attached hydrogens (tertiary/aromatic N) is 1. The average Bonchev–Trinajstić information content (AvgIpc) is 2.28. The van der Waals surface area contributed by atoms with Crippen LogP contribution in [-0.4, -0.2) is 24.5 Å². The quantitative estimate of drug-likeness (QED) is 0.833. The largest absolute Gasteiger partial charge is 0.328 e. The first-order valence-electron chi connectivity index (χ1n) is 5.67. The smallest absolute Gasteiger partial charge is 0.321 e. The van der Waals surface area contributed by atoms with Crippen LogP contribution in [0.2, 0.25) is 0 Å². The Bertz CT molecular complexity index is 361. The third kappa shape index (κ3) is 2.99. The molecule has 1 aromatic rings. The van der Waals surface area contributed by atoms with Crippen molar-refractivity contribution in [1.29, 1.82) is 0 Å². The molecule has 0 aliphatic carbocycles. The lowest BCUT2D eigenvalue weighted by Crippen LogP contribution is -2.31. The van der Waals surface area contributed by atoms with Crippen LogP contribution in [0.3, 0.4) is 0 Å². The number of rotatable bonds is 3. The number of para-hydroxylation sites is 1. The van der Waals surface area contributed by atoms with Crippen molar-refractivity contribution >= 4 is 11.7 Å². The van der Waals surface area contributed by atoms with Crippen LogP contribution < -0.4 is 5.32 Å². The minimum atomic E-state index is -0.0596. The van der Waals surface area contributed by atoms with Crippen molar-refractivity contribution in [2.24, 2.45) is 0 Å². The third-order valence-corrected chi connectivity index (χ3v) is 2.65. The number of nitrogens with one attached hydrogen (secondary N) is 1. The molecule has 0 saturated carbocycles. The van der Waals surface area contributed by atoms with Crippen LogP contribution in [0.4, 0.5) is 10.5 Å². The summed E-state index contributed by atoms with van der Waals surface area (Å²) in [5, 5.41) is 2.93. The molecule has 0 aliphatic heterocycles. The molecule has 0 radical (unpaired) electrons. The van der Waals surface area contributed by atoms with Gasteiger partial charge in [-0.2, -0.15) is 0 Å². The van der Waals surface area contributed by atoms with Gasteiger partial charge in [0.05, 0.1) is 0 Å². The third-order valence-electron chi connectivity index (χ3n) is 2.65. The van der Waals surface area contributed by atoms with E-state index < -0.39 is 0 Å². The van der Waals surface area contributed by atoms with Crippen molar-refractivity contribution in [2.45, 2.75) is 26.7 Å². The summed E-state index contributed by atoms with van der Waals surface area (Å²) in [5.41, 5.74) is 2.07. The normalized spacial score (nSPS) is 10.3. The molecule has 0 aromatic heterocycles. The highest BCUT2D eigenvalue weighted by Gasteiger charge is 2.10. The van der Waals surface area contributed by atoms with E-state index in [9.17, 15) is 4.79 Å². The molecule has 1 rings (SSSR count). The van der Waals surface area contributed by atoms with Gasteiger partial charge in [0.15, 0.2) is 0 Å². The van der Waals surface area contributed by atoms with Gasteiger partial charge < -0.3 is 10.2 Å². The highest BCUT2D eigenvalue weighted by atomic mass is 16.2. The zero-order valence-corrected chi connectivity index (χ0v) is 10.4. The minimum absolute atomic E-state index is 0.0596. The van der Waals surface area contributed by atoms with Crippen molar-refractivity contribution in [3.63, 3.8) is 0 Å². The molecule has 2 amide bonds. The molecule has 0 heterocycles. The van der Waals surface area contributed by atoms with Crippen LogP contribution in [0.15, 0.2) is 24.3 Å². The predicted octanol–water partition coefficient (Wildman–Crippen LogP) is 3.29. The fourth-order valence-electron chi connectivity index (χ4n) is 1.47. The highest BCUT2D eigenvalue weighted by Crippen LogP contribution is 2.23. The van der Waals surface area contributed by atoms with Crippen LogP contribution in [0.5, 0.6) is 0 Å². The molecular weight excluding hydrogens is 200 g/mol. The summed E-state index contributed by atoms with van der Waals surface area (Å²) >= 11 is 0. The lowest BCUT2D eigenvalue weighted by atomic mass is 10.0. The van der Waals surface area contributed by atoms with Crippen LogP contribution in [-0.2, 0) is 0 Å². The summed E-state index contributed by atoms with van der Waals surface area (Å²) in [6, 6.07) is 7.86. The van der Waals surface area contributed by atoms with Crippen LogP contribution in [0, 0.1) is 0 Å². The second-order valence-corrected chi connectivity index (χ2v) is 4.19. The molecule has 0 spiro atoms. The summed E-state index contributed by atoms with van der Waals surface area (Å²) in [4.78, 5) is 13.4. The van der Waals surface area contributed by atoms with Gasteiger partial charge in [0.1, 0.15) is 0 Å². The van der Waals surface area contributed by atoms with E-state index in [1.165, 1.54) is 5.56 Å². The number of hydrogen-bond acceptors (Lipinski definition) is 1. The van der Waals surface area contributed by atoms with E-state index in [0.717, 1.165) is 5.69 Å². The van der Waals surface area contributed by atoms with Gasteiger partial charge in [0.25, 0.3) is 0 Å². The first kappa shape index (κ1) is 12.6. The highest BCUT2D eigenvalue weighted by molar-refractivity contribution is 5.90. The van der Waals surface area contributed by atoms with Gasteiger partial charge in [-0.25, -0.2) is 4.79 Å². The molecule has 3 heteroatoms. The van der Waals surface area contributed by atoms with Crippen molar-refractivity contribution < 1.29 is 4.79 Å². The fourth-order valence-corrected chi connectivity index (χ4v) is 1.47. The lowest BCUT2D eigenvalue weighted by molar-refractivity contribution is 0.224. The molecule has 0 saturated heterocycles. The summed E-state index contributed by atoms with van der Waals surface area (Å²) in [6.45, 7) is 6.90. The fraction of sp³-hybridized carbons (Fsp3) is 0.462. The number of carbonyl (C=O) groups excluding carboxylic acids is 1. The first-order valence-corrected chi connectivity index (χ1v) is 5.67. The van der Waals surface area contributed by atoms with Crippen LogP contribution in [0.1, 0.15) is 32.3 Å².